The van der Waals surface area contributed by atoms with Gasteiger partial charge in [-0.1, -0.05) is 77.7 Å². The molecular weight excluding hydrogens is 298 g/mol. The molecule has 0 atom stereocenters. The molecule has 0 amide bonds. The van der Waals surface area contributed by atoms with Crippen LogP contribution < -0.4 is 5.32 Å². The van der Waals surface area contributed by atoms with Gasteiger partial charge in [0.05, 0.1) is 0 Å². The summed E-state index contributed by atoms with van der Waals surface area (Å²) in [7, 11) is 1.86. The van der Waals surface area contributed by atoms with Crippen molar-refractivity contribution in [2.24, 2.45) is 0 Å². The highest BCUT2D eigenvalue weighted by atomic mass is 32.2. The fourth-order valence-corrected chi connectivity index (χ4v) is 3.60. The Morgan fingerprint density at radius 1 is 0.952 bits per heavy atom. The highest BCUT2D eigenvalue weighted by molar-refractivity contribution is 8.00. The Labute approximate surface area is 132 Å². The van der Waals surface area contributed by atoms with Gasteiger partial charge < -0.3 is 5.32 Å². The lowest BCUT2D eigenvalue weighted by Gasteiger charge is -2.03. The molecule has 0 aliphatic rings. The van der Waals surface area contributed by atoms with Crippen molar-refractivity contribution in [3.05, 3.63) is 60.2 Å². The molecule has 0 aliphatic heterocycles. The van der Waals surface area contributed by atoms with Crippen LogP contribution in [-0.4, -0.2) is 17.2 Å². The smallest absolute Gasteiger partial charge is 0.206 e. The molecule has 1 heterocycles. The normalized spacial score (nSPS) is 10.5. The largest absolute Gasteiger partial charge is 0.363 e. The standard InChI is InChI=1S/C16H15N3S2/c1-17-15-18-19-16(21-15)20-11-12-7-9-14(10-8-12)13-5-3-2-4-6-13/h2-10H,11H2,1H3,(H,17,18). The monoisotopic (exact) mass is 313 g/mol. The summed E-state index contributed by atoms with van der Waals surface area (Å²) in [4.78, 5) is 0. The summed E-state index contributed by atoms with van der Waals surface area (Å²) in [6.45, 7) is 0. The predicted octanol–water partition coefficient (Wildman–Crippen LogP) is 4.54. The van der Waals surface area contributed by atoms with Gasteiger partial charge in [0.25, 0.3) is 0 Å². The number of hydrogen-bond acceptors (Lipinski definition) is 5. The van der Waals surface area contributed by atoms with Gasteiger partial charge >= 0.3 is 0 Å². The lowest BCUT2D eigenvalue weighted by molar-refractivity contribution is 1.01. The maximum atomic E-state index is 4.14. The molecule has 0 saturated carbocycles. The van der Waals surface area contributed by atoms with Crippen molar-refractivity contribution in [2.75, 3.05) is 12.4 Å². The fourth-order valence-electron chi connectivity index (χ4n) is 1.94. The summed E-state index contributed by atoms with van der Waals surface area (Å²) in [5.41, 5.74) is 3.79. The Hall–Kier alpha value is -1.85. The minimum atomic E-state index is 0.858. The summed E-state index contributed by atoms with van der Waals surface area (Å²) in [6, 6.07) is 19.1. The maximum Gasteiger partial charge on any atom is 0.206 e. The fraction of sp³-hybridized carbons (Fsp3) is 0.125. The Kier molecular flexibility index (Phi) is 4.52. The molecule has 0 unspecified atom stereocenters. The minimum Gasteiger partial charge on any atom is -0.363 e. The third-order valence-electron chi connectivity index (χ3n) is 3.04. The molecule has 2 aromatic carbocycles. The van der Waals surface area contributed by atoms with Gasteiger partial charge in [0, 0.05) is 12.8 Å². The molecule has 0 bridgehead atoms. The molecule has 5 heteroatoms. The molecule has 0 saturated heterocycles. The molecule has 21 heavy (non-hydrogen) atoms. The number of benzene rings is 2. The molecular formula is C16H15N3S2. The van der Waals surface area contributed by atoms with Crippen LogP contribution >= 0.6 is 23.1 Å². The van der Waals surface area contributed by atoms with E-state index in [0.29, 0.717) is 0 Å². The molecule has 3 rings (SSSR count). The lowest BCUT2D eigenvalue weighted by Crippen LogP contribution is -1.84. The van der Waals surface area contributed by atoms with Crippen molar-refractivity contribution in [3.8, 4) is 11.1 Å². The summed E-state index contributed by atoms with van der Waals surface area (Å²) in [5, 5.41) is 12.0. The molecule has 106 valence electrons. The van der Waals surface area contributed by atoms with Crippen molar-refractivity contribution in [3.63, 3.8) is 0 Å². The van der Waals surface area contributed by atoms with Gasteiger partial charge in [-0.2, -0.15) is 0 Å². The number of aromatic nitrogens is 2. The van der Waals surface area contributed by atoms with Crippen LogP contribution in [0.2, 0.25) is 0 Å². The molecule has 0 spiro atoms. The zero-order valence-electron chi connectivity index (χ0n) is 11.6. The van der Waals surface area contributed by atoms with E-state index in [1.165, 1.54) is 16.7 Å². The van der Waals surface area contributed by atoms with Crippen LogP contribution in [0, 0.1) is 0 Å². The molecule has 1 N–H and O–H groups in total. The van der Waals surface area contributed by atoms with E-state index >= 15 is 0 Å². The summed E-state index contributed by atoms with van der Waals surface area (Å²) in [5.74, 6) is 0.910. The first kappa shape index (κ1) is 14.1. The maximum absolute atomic E-state index is 4.14. The second-order valence-corrected chi connectivity index (χ2v) is 6.67. The summed E-state index contributed by atoms with van der Waals surface area (Å²) >= 11 is 3.30. The second kappa shape index (κ2) is 6.74. The van der Waals surface area contributed by atoms with E-state index in [1.54, 1.807) is 23.1 Å². The van der Waals surface area contributed by atoms with Gasteiger partial charge in [-0.05, 0) is 16.7 Å². The lowest BCUT2D eigenvalue weighted by atomic mass is 10.0. The molecule has 3 aromatic rings. The first-order chi connectivity index (χ1) is 10.3. The quantitative estimate of drug-likeness (QED) is 0.702. The van der Waals surface area contributed by atoms with E-state index in [0.717, 1.165) is 15.2 Å². The summed E-state index contributed by atoms with van der Waals surface area (Å²) < 4.78 is 0.992. The number of hydrogen-bond donors (Lipinski definition) is 1. The molecule has 0 aliphatic carbocycles. The highest BCUT2D eigenvalue weighted by Gasteiger charge is 2.04. The van der Waals surface area contributed by atoms with Gasteiger partial charge in [0.2, 0.25) is 5.13 Å². The van der Waals surface area contributed by atoms with E-state index in [9.17, 15) is 0 Å². The third-order valence-corrected chi connectivity index (χ3v) is 5.19. The van der Waals surface area contributed by atoms with Crippen molar-refractivity contribution >= 4 is 28.2 Å². The van der Waals surface area contributed by atoms with Crippen molar-refractivity contribution in [1.29, 1.82) is 0 Å². The molecule has 3 nitrogen and oxygen atoms in total. The van der Waals surface area contributed by atoms with Gasteiger partial charge in [-0.25, -0.2) is 0 Å². The predicted molar refractivity (Wildman–Crippen MR) is 90.9 cm³/mol. The van der Waals surface area contributed by atoms with E-state index in [-0.39, 0.29) is 0 Å². The van der Waals surface area contributed by atoms with E-state index in [1.807, 2.05) is 13.1 Å². The van der Waals surface area contributed by atoms with E-state index in [4.69, 9.17) is 0 Å². The van der Waals surface area contributed by atoms with Crippen LogP contribution in [0.1, 0.15) is 5.56 Å². The van der Waals surface area contributed by atoms with Crippen LogP contribution in [-0.2, 0) is 5.75 Å². The first-order valence-corrected chi connectivity index (χ1v) is 8.44. The molecule has 0 fully saturated rings. The van der Waals surface area contributed by atoms with Gasteiger partial charge in [0.15, 0.2) is 4.34 Å². The zero-order valence-corrected chi connectivity index (χ0v) is 13.2. The average molecular weight is 313 g/mol. The van der Waals surface area contributed by atoms with E-state index < -0.39 is 0 Å². The van der Waals surface area contributed by atoms with E-state index in [2.05, 4.69) is 64.0 Å². The third kappa shape index (κ3) is 3.62. The number of rotatable bonds is 5. The van der Waals surface area contributed by atoms with Gasteiger partial charge in [-0.3, -0.25) is 0 Å². The second-order valence-electron chi connectivity index (χ2n) is 4.47. The van der Waals surface area contributed by atoms with Gasteiger partial charge in [-0.15, -0.1) is 10.2 Å². The highest BCUT2D eigenvalue weighted by Crippen LogP contribution is 2.28. The molecule has 0 radical (unpaired) electrons. The number of thioether (sulfide) groups is 1. The van der Waals surface area contributed by atoms with Crippen molar-refractivity contribution < 1.29 is 0 Å². The Balaban J connectivity index is 1.64. The number of anilines is 1. The summed E-state index contributed by atoms with van der Waals surface area (Å²) in [6.07, 6.45) is 0. The Morgan fingerprint density at radius 3 is 2.33 bits per heavy atom. The van der Waals surface area contributed by atoms with Gasteiger partial charge in [0.1, 0.15) is 0 Å². The Bertz CT molecular complexity index is 693. The minimum absolute atomic E-state index is 0.858. The molecule has 1 aromatic heterocycles. The first-order valence-electron chi connectivity index (χ1n) is 6.63. The van der Waals surface area contributed by atoms with Crippen LogP contribution in [0.25, 0.3) is 11.1 Å². The zero-order chi connectivity index (χ0) is 14.5. The SMILES string of the molecule is CNc1nnc(SCc2ccc(-c3ccccc3)cc2)s1. The van der Waals surface area contributed by atoms with Crippen LogP contribution in [0.4, 0.5) is 5.13 Å². The average Bonchev–Trinajstić information content (AvgIpc) is 3.02. The van der Waals surface area contributed by atoms with Crippen molar-refractivity contribution in [1.82, 2.24) is 10.2 Å². The van der Waals surface area contributed by atoms with Crippen LogP contribution in [0.5, 0.6) is 0 Å². The van der Waals surface area contributed by atoms with Crippen molar-refractivity contribution in [2.45, 2.75) is 10.1 Å². The van der Waals surface area contributed by atoms with Crippen LogP contribution in [0.15, 0.2) is 58.9 Å². The van der Waals surface area contributed by atoms with Crippen LogP contribution in [0.3, 0.4) is 0 Å². The number of nitrogens with zero attached hydrogens (tertiary/aromatic N) is 2. The Morgan fingerprint density at radius 2 is 1.67 bits per heavy atom. The topological polar surface area (TPSA) is 37.8 Å². The number of nitrogens with one attached hydrogen (secondary N) is 1.